The minimum atomic E-state index is -0.505. The third kappa shape index (κ3) is 13.5. The standard InChI is InChI=1S/C18H22BNO4.C17H30N2O3.C3H8O.2C2H6/c1-11-13(10-21)7-15-8-14(9-20(15)16(11)12(2)22)19-23-17(3,4)18(5,6)24-19;1-7-15(17(20)22-12(2)3)13(4)16(18-6)14(5)19-8-10-21-11-9-19;1-3-4-2;2*1-2/h7-10H,1-6H3;7,12,14,18H,8-11H2,1-6H3;3H2,1-2H3;2*1-2H3/b;15-7+,16-13-;;;. The fourth-order valence-corrected chi connectivity index (χ4v) is 5.82. The number of nitrogens with zero attached hydrogens (tertiary/aromatic N) is 2. The van der Waals surface area contributed by atoms with Crippen molar-refractivity contribution < 1.29 is 37.9 Å². The van der Waals surface area contributed by atoms with Crippen molar-refractivity contribution in [3.05, 3.63) is 58.1 Å². The van der Waals surface area contributed by atoms with Crippen molar-refractivity contribution in [3.8, 4) is 0 Å². The molecule has 1 atom stereocenters. The summed E-state index contributed by atoms with van der Waals surface area (Å²) in [6.07, 6.45) is 4.34. The van der Waals surface area contributed by atoms with E-state index < -0.39 is 18.3 Å². The summed E-state index contributed by atoms with van der Waals surface area (Å²) in [5.41, 5.74) is 5.07. The number of likely N-dealkylation sites (N-methyl/N-ethyl adjacent to an activating group) is 1. The average molecular weight is 758 g/mol. The van der Waals surface area contributed by atoms with Gasteiger partial charge in [0.1, 0.15) is 6.29 Å². The van der Waals surface area contributed by atoms with Gasteiger partial charge in [-0.25, -0.2) is 4.79 Å². The quantitative estimate of drug-likeness (QED) is 0.0658. The predicted octanol–water partition coefficient (Wildman–Crippen LogP) is 7.37. The van der Waals surface area contributed by atoms with Crippen molar-refractivity contribution in [1.29, 1.82) is 0 Å². The molecular formula is C42H72BN3O8. The lowest BCUT2D eigenvalue weighted by Gasteiger charge is -2.34. The van der Waals surface area contributed by atoms with E-state index in [4.69, 9.17) is 18.8 Å². The molecule has 0 saturated carbocycles. The summed E-state index contributed by atoms with van der Waals surface area (Å²) in [6, 6.07) is 3.89. The Hall–Kier alpha value is -3.29. The summed E-state index contributed by atoms with van der Waals surface area (Å²) in [6.45, 7) is 35.1. The monoisotopic (exact) mass is 758 g/mol. The van der Waals surface area contributed by atoms with Crippen LogP contribution in [-0.4, -0.2) is 105 Å². The molecule has 0 aromatic carbocycles. The van der Waals surface area contributed by atoms with Crippen LogP contribution in [0, 0.1) is 6.92 Å². The number of methoxy groups -OCH3 is 1. The highest BCUT2D eigenvalue weighted by Crippen LogP contribution is 2.36. The summed E-state index contributed by atoms with van der Waals surface area (Å²) < 4.78 is 29.3. The number of hydrogen-bond donors (Lipinski definition) is 1. The summed E-state index contributed by atoms with van der Waals surface area (Å²) >= 11 is 0. The first-order chi connectivity index (χ1) is 25.4. The number of pyridine rings is 1. The molecule has 1 unspecified atom stereocenters. The Morgan fingerprint density at radius 3 is 1.93 bits per heavy atom. The van der Waals surface area contributed by atoms with Gasteiger partial charge < -0.3 is 33.2 Å². The van der Waals surface area contributed by atoms with Crippen molar-refractivity contribution >= 4 is 36.1 Å². The summed E-state index contributed by atoms with van der Waals surface area (Å²) in [4.78, 5) is 38.0. The maximum absolute atomic E-state index is 12.3. The van der Waals surface area contributed by atoms with Gasteiger partial charge in [0.15, 0.2) is 5.78 Å². The first-order valence-electron chi connectivity index (χ1n) is 19.4. The molecule has 2 aromatic rings. The second kappa shape index (κ2) is 24.3. The highest BCUT2D eigenvalue weighted by molar-refractivity contribution is 6.62. The smallest absolute Gasteiger partial charge is 0.459 e. The Morgan fingerprint density at radius 1 is 1.00 bits per heavy atom. The SMILES string of the molecule is C/C=C(C(=O)OC(C)C)\C(C)=C(/NC)C(C)N1CCOCC1.CC.CC.CC(=O)c1c(C)c(C=O)cc2cc(B3OC(C)(C)C(C)(C)O3)cn12.CCOC. The van der Waals surface area contributed by atoms with Crippen LogP contribution in [0.3, 0.4) is 0 Å². The Bertz CT molecular complexity index is 1520. The second-order valence-corrected chi connectivity index (χ2v) is 13.8. The number of esters is 1. The molecule has 2 aromatic heterocycles. The van der Waals surface area contributed by atoms with E-state index in [1.165, 1.54) is 6.92 Å². The second-order valence-electron chi connectivity index (χ2n) is 13.8. The number of carbonyl (C=O) groups is 3. The van der Waals surface area contributed by atoms with Crippen molar-refractivity contribution in [2.45, 2.75) is 134 Å². The average Bonchev–Trinajstić information content (AvgIpc) is 3.66. The molecule has 0 amide bonds. The van der Waals surface area contributed by atoms with Crippen LogP contribution < -0.4 is 10.8 Å². The molecule has 12 heteroatoms. The molecule has 0 radical (unpaired) electrons. The van der Waals surface area contributed by atoms with Crippen LogP contribution in [0.1, 0.15) is 130 Å². The van der Waals surface area contributed by atoms with E-state index in [9.17, 15) is 14.4 Å². The van der Waals surface area contributed by atoms with E-state index in [0.717, 1.165) is 61.4 Å². The zero-order valence-corrected chi connectivity index (χ0v) is 36.8. The van der Waals surface area contributed by atoms with Gasteiger partial charge in [-0.2, -0.15) is 0 Å². The van der Waals surface area contributed by atoms with Gasteiger partial charge in [-0.05, 0) is 99.4 Å². The molecular weight excluding hydrogens is 685 g/mol. The van der Waals surface area contributed by atoms with Crippen LogP contribution in [0.4, 0.5) is 0 Å². The molecule has 2 aliphatic rings. The van der Waals surface area contributed by atoms with Gasteiger partial charge in [0, 0.05) is 75.3 Å². The first kappa shape index (κ1) is 50.7. The lowest BCUT2D eigenvalue weighted by Crippen LogP contribution is -2.45. The number of allylic oxidation sites excluding steroid dienone is 1. The number of aromatic nitrogens is 1. The Kier molecular flexibility index (Phi) is 22.8. The predicted molar refractivity (Wildman–Crippen MR) is 222 cm³/mol. The molecule has 2 fully saturated rings. The normalized spacial score (nSPS) is 17.2. The van der Waals surface area contributed by atoms with E-state index in [2.05, 4.69) is 21.9 Å². The summed E-state index contributed by atoms with van der Waals surface area (Å²) in [5, 5.41) is 3.27. The molecule has 0 bridgehead atoms. The minimum absolute atomic E-state index is 0.0859. The number of morpholine rings is 1. The molecule has 2 saturated heterocycles. The van der Waals surface area contributed by atoms with Gasteiger partial charge in [0.25, 0.3) is 0 Å². The van der Waals surface area contributed by atoms with Crippen LogP contribution >= 0.6 is 0 Å². The number of ketones is 1. The number of rotatable bonds is 10. The Labute approximate surface area is 327 Å². The molecule has 4 rings (SSSR count). The topological polar surface area (TPSA) is 117 Å². The van der Waals surface area contributed by atoms with E-state index in [-0.39, 0.29) is 23.9 Å². The molecule has 11 nitrogen and oxygen atoms in total. The molecule has 1 N–H and O–H groups in total. The van der Waals surface area contributed by atoms with Crippen molar-refractivity contribution in [2.24, 2.45) is 0 Å². The molecule has 306 valence electrons. The van der Waals surface area contributed by atoms with Crippen molar-refractivity contribution in [3.63, 3.8) is 0 Å². The number of hydrogen-bond acceptors (Lipinski definition) is 10. The fourth-order valence-electron chi connectivity index (χ4n) is 5.82. The van der Waals surface area contributed by atoms with Crippen molar-refractivity contribution in [1.82, 2.24) is 14.6 Å². The number of aldehydes is 1. The number of ether oxygens (including phenoxy) is 3. The fraction of sp³-hybridized carbons (Fsp3) is 0.643. The minimum Gasteiger partial charge on any atom is -0.459 e. The van der Waals surface area contributed by atoms with Gasteiger partial charge in [0.05, 0.1) is 41.8 Å². The van der Waals surface area contributed by atoms with Crippen LogP contribution in [0.15, 0.2) is 41.2 Å². The molecule has 0 aliphatic carbocycles. The Morgan fingerprint density at radius 2 is 1.52 bits per heavy atom. The zero-order valence-electron chi connectivity index (χ0n) is 36.8. The van der Waals surface area contributed by atoms with Crippen LogP contribution in [-0.2, 0) is 28.3 Å². The number of nitrogens with one attached hydrogen (secondary N) is 1. The molecule has 2 aliphatic heterocycles. The third-order valence-electron chi connectivity index (χ3n) is 9.42. The van der Waals surface area contributed by atoms with E-state index in [0.29, 0.717) is 22.4 Å². The first-order valence-corrected chi connectivity index (χ1v) is 19.4. The zero-order chi connectivity index (χ0) is 42.0. The summed E-state index contributed by atoms with van der Waals surface area (Å²) in [7, 11) is 3.08. The van der Waals surface area contributed by atoms with Gasteiger partial charge >= 0.3 is 13.1 Å². The molecule has 0 spiro atoms. The Balaban J connectivity index is 0.000000876. The van der Waals surface area contributed by atoms with Crippen LogP contribution in [0.5, 0.6) is 0 Å². The molecule has 54 heavy (non-hydrogen) atoms. The number of carbonyl (C=O) groups excluding carboxylic acids is 3. The third-order valence-corrected chi connectivity index (χ3v) is 9.42. The lowest BCUT2D eigenvalue weighted by atomic mass is 9.81. The molecule has 4 heterocycles. The van der Waals surface area contributed by atoms with Crippen molar-refractivity contribution in [2.75, 3.05) is 47.1 Å². The largest absolute Gasteiger partial charge is 0.496 e. The van der Waals surface area contributed by atoms with Gasteiger partial charge in [-0.15, -0.1) is 0 Å². The van der Waals surface area contributed by atoms with E-state index >= 15 is 0 Å². The van der Waals surface area contributed by atoms with Gasteiger partial charge in [-0.1, -0.05) is 33.8 Å². The van der Waals surface area contributed by atoms with Gasteiger partial charge in [-0.3, -0.25) is 14.5 Å². The van der Waals surface area contributed by atoms with E-state index in [1.54, 1.807) is 20.1 Å². The van der Waals surface area contributed by atoms with Crippen LogP contribution in [0.2, 0.25) is 0 Å². The maximum Gasteiger partial charge on any atom is 0.496 e. The highest BCUT2D eigenvalue weighted by atomic mass is 16.7. The lowest BCUT2D eigenvalue weighted by molar-refractivity contribution is -0.142. The highest BCUT2D eigenvalue weighted by Gasteiger charge is 2.52. The van der Waals surface area contributed by atoms with Gasteiger partial charge in [0.2, 0.25) is 0 Å². The van der Waals surface area contributed by atoms with E-state index in [1.807, 2.05) is 120 Å². The summed E-state index contributed by atoms with van der Waals surface area (Å²) in [5.74, 6) is -0.353. The maximum atomic E-state index is 12.3. The number of fused-ring (bicyclic) bond motifs is 1. The number of Topliss-reactive ketones (excluding diaryl/α,β-unsaturated/α-hetero) is 1. The van der Waals surface area contributed by atoms with Crippen LogP contribution in [0.25, 0.3) is 5.52 Å².